The lowest BCUT2D eigenvalue weighted by Gasteiger charge is -2.10. The molecule has 0 aromatic heterocycles. The van der Waals surface area contributed by atoms with Crippen molar-refractivity contribution >= 4 is 0 Å². The second kappa shape index (κ2) is 5.18. The van der Waals surface area contributed by atoms with Gasteiger partial charge in [-0.3, -0.25) is 0 Å². The zero-order valence-electron chi connectivity index (χ0n) is 9.92. The van der Waals surface area contributed by atoms with Gasteiger partial charge in [0.25, 0.3) is 0 Å². The molecule has 0 atom stereocenters. The lowest BCUT2D eigenvalue weighted by atomic mass is 10.0. The summed E-state index contributed by atoms with van der Waals surface area (Å²) in [5.41, 5.74) is 1.72. The van der Waals surface area contributed by atoms with Gasteiger partial charge in [0.05, 0.1) is 6.54 Å². The smallest absolute Gasteiger partial charge is 0.0580 e. The predicted molar refractivity (Wildman–Crippen MR) is 68.1 cm³/mol. The summed E-state index contributed by atoms with van der Waals surface area (Å²) in [5.74, 6) is 6.32. The van der Waals surface area contributed by atoms with Gasteiger partial charge in [-0.25, -0.2) is 0 Å². The highest BCUT2D eigenvalue weighted by atomic mass is 14.9. The third kappa shape index (κ3) is 3.12. The van der Waals surface area contributed by atoms with Gasteiger partial charge in [0.15, 0.2) is 0 Å². The summed E-state index contributed by atoms with van der Waals surface area (Å²) in [7, 11) is 0. The van der Waals surface area contributed by atoms with Crippen molar-refractivity contribution in [3.8, 4) is 11.8 Å². The van der Waals surface area contributed by atoms with Gasteiger partial charge in [-0.2, -0.15) is 0 Å². The summed E-state index contributed by atoms with van der Waals surface area (Å²) >= 11 is 0. The Bertz CT molecular complexity index is 379. The molecule has 0 aliphatic heterocycles. The van der Waals surface area contributed by atoms with Crippen LogP contribution in [0.15, 0.2) is 30.3 Å². The Morgan fingerprint density at radius 2 is 2.00 bits per heavy atom. The van der Waals surface area contributed by atoms with Gasteiger partial charge in [0.2, 0.25) is 0 Å². The number of hydrogen-bond acceptors (Lipinski definition) is 1. The molecule has 1 heteroatoms. The van der Waals surface area contributed by atoms with Gasteiger partial charge in [-0.15, -0.1) is 0 Å². The maximum absolute atomic E-state index is 3.44. The molecule has 84 valence electrons. The lowest BCUT2D eigenvalue weighted by molar-refractivity contribution is 0.457. The molecule has 1 N–H and O–H groups in total. The Hall–Kier alpha value is -1.26. The standard InChI is InChI=1S/C15H19N/c1-2-15(10-11-15)13-16-12-6-9-14-7-4-3-5-8-14/h3-5,7-8,16H,2,10-13H2,1H3. The summed E-state index contributed by atoms with van der Waals surface area (Å²) in [6, 6.07) is 10.1. The molecule has 0 spiro atoms. The lowest BCUT2D eigenvalue weighted by Crippen LogP contribution is -2.23. The van der Waals surface area contributed by atoms with Crippen LogP contribution in [0.5, 0.6) is 0 Å². The van der Waals surface area contributed by atoms with E-state index in [-0.39, 0.29) is 0 Å². The second-order valence-electron chi connectivity index (χ2n) is 4.62. The van der Waals surface area contributed by atoms with Crippen LogP contribution in [0.25, 0.3) is 0 Å². The zero-order chi connectivity index (χ0) is 11.3. The molecule has 1 saturated carbocycles. The van der Waals surface area contributed by atoms with Crippen molar-refractivity contribution in [3.63, 3.8) is 0 Å². The fraction of sp³-hybridized carbons (Fsp3) is 0.467. The van der Waals surface area contributed by atoms with Crippen molar-refractivity contribution in [3.05, 3.63) is 35.9 Å². The van der Waals surface area contributed by atoms with E-state index < -0.39 is 0 Å². The van der Waals surface area contributed by atoms with Crippen molar-refractivity contribution in [2.24, 2.45) is 5.41 Å². The molecule has 0 unspecified atom stereocenters. The molecule has 0 heterocycles. The summed E-state index contributed by atoms with van der Waals surface area (Å²) in [6.07, 6.45) is 4.08. The molecular weight excluding hydrogens is 194 g/mol. The molecular formula is C15H19N. The monoisotopic (exact) mass is 213 g/mol. The van der Waals surface area contributed by atoms with Gasteiger partial charge in [0.1, 0.15) is 0 Å². The Labute approximate surface area is 98.3 Å². The Kier molecular flexibility index (Phi) is 3.64. The number of rotatable bonds is 4. The highest BCUT2D eigenvalue weighted by Crippen LogP contribution is 2.47. The van der Waals surface area contributed by atoms with Crippen LogP contribution in [0.2, 0.25) is 0 Å². The van der Waals surface area contributed by atoms with E-state index in [0.717, 1.165) is 18.7 Å². The van der Waals surface area contributed by atoms with E-state index in [1.807, 2.05) is 30.3 Å². The minimum atomic E-state index is 0.619. The summed E-state index contributed by atoms with van der Waals surface area (Å²) < 4.78 is 0. The van der Waals surface area contributed by atoms with E-state index in [4.69, 9.17) is 0 Å². The van der Waals surface area contributed by atoms with Crippen molar-refractivity contribution < 1.29 is 0 Å². The van der Waals surface area contributed by atoms with E-state index in [9.17, 15) is 0 Å². The van der Waals surface area contributed by atoms with Gasteiger partial charge in [-0.1, -0.05) is 37.0 Å². The summed E-state index contributed by atoms with van der Waals surface area (Å²) in [5, 5.41) is 3.44. The minimum absolute atomic E-state index is 0.619. The van der Waals surface area contributed by atoms with Gasteiger partial charge in [-0.05, 0) is 36.8 Å². The van der Waals surface area contributed by atoms with Crippen LogP contribution in [-0.4, -0.2) is 13.1 Å². The molecule has 1 aliphatic rings. The first kappa shape index (κ1) is 11.2. The highest BCUT2D eigenvalue weighted by molar-refractivity contribution is 5.33. The molecule has 2 rings (SSSR count). The second-order valence-corrected chi connectivity index (χ2v) is 4.62. The molecule has 1 aliphatic carbocycles. The van der Waals surface area contributed by atoms with Crippen molar-refractivity contribution in [2.75, 3.05) is 13.1 Å². The summed E-state index contributed by atoms with van der Waals surface area (Å²) in [4.78, 5) is 0. The molecule has 0 bridgehead atoms. The van der Waals surface area contributed by atoms with E-state index in [1.165, 1.54) is 19.3 Å². The maximum Gasteiger partial charge on any atom is 0.0580 e. The predicted octanol–water partition coefficient (Wildman–Crippen LogP) is 2.82. The fourth-order valence-corrected chi connectivity index (χ4v) is 1.89. The molecule has 1 aromatic carbocycles. The molecule has 1 nitrogen and oxygen atoms in total. The maximum atomic E-state index is 3.44. The van der Waals surface area contributed by atoms with Crippen molar-refractivity contribution in [1.29, 1.82) is 0 Å². The first-order valence-electron chi connectivity index (χ1n) is 6.09. The molecule has 16 heavy (non-hydrogen) atoms. The Morgan fingerprint density at radius 1 is 1.25 bits per heavy atom. The van der Waals surface area contributed by atoms with Crippen LogP contribution in [0.3, 0.4) is 0 Å². The van der Waals surface area contributed by atoms with E-state index in [1.54, 1.807) is 0 Å². The average Bonchev–Trinajstić information content (AvgIpc) is 3.11. The van der Waals surface area contributed by atoms with E-state index in [2.05, 4.69) is 24.1 Å². The third-order valence-electron chi connectivity index (χ3n) is 3.43. The quantitative estimate of drug-likeness (QED) is 0.599. The Morgan fingerprint density at radius 3 is 2.62 bits per heavy atom. The van der Waals surface area contributed by atoms with E-state index >= 15 is 0 Å². The van der Waals surface area contributed by atoms with Crippen LogP contribution >= 0.6 is 0 Å². The van der Waals surface area contributed by atoms with Crippen molar-refractivity contribution in [2.45, 2.75) is 26.2 Å². The third-order valence-corrected chi connectivity index (χ3v) is 3.43. The van der Waals surface area contributed by atoms with Gasteiger partial charge in [0, 0.05) is 12.1 Å². The summed E-state index contributed by atoms with van der Waals surface area (Å²) in [6.45, 7) is 4.22. The van der Waals surface area contributed by atoms with E-state index in [0.29, 0.717) is 5.41 Å². The largest absolute Gasteiger partial charge is 0.306 e. The van der Waals surface area contributed by atoms with Crippen LogP contribution < -0.4 is 5.32 Å². The molecule has 0 saturated heterocycles. The average molecular weight is 213 g/mol. The number of hydrogen-bond donors (Lipinski definition) is 1. The van der Waals surface area contributed by atoms with Gasteiger partial charge >= 0.3 is 0 Å². The normalized spacial score (nSPS) is 16.3. The minimum Gasteiger partial charge on any atom is -0.306 e. The zero-order valence-corrected chi connectivity index (χ0v) is 9.92. The Balaban J connectivity index is 1.70. The molecule has 1 fully saturated rings. The molecule has 1 aromatic rings. The first-order chi connectivity index (χ1) is 7.85. The SMILES string of the molecule is CCC1(CNCC#Cc2ccccc2)CC1. The van der Waals surface area contributed by atoms with Crippen LogP contribution in [0, 0.1) is 17.3 Å². The van der Waals surface area contributed by atoms with Crippen LogP contribution in [-0.2, 0) is 0 Å². The van der Waals surface area contributed by atoms with Crippen molar-refractivity contribution in [1.82, 2.24) is 5.32 Å². The molecule has 0 radical (unpaired) electrons. The van der Waals surface area contributed by atoms with Crippen LogP contribution in [0.4, 0.5) is 0 Å². The van der Waals surface area contributed by atoms with Gasteiger partial charge < -0.3 is 5.32 Å². The number of benzene rings is 1. The fourth-order valence-electron chi connectivity index (χ4n) is 1.89. The van der Waals surface area contributed by atoms with Crippen LogP contribution in [0.1, 0.15) is 31.7 Å². The first-order valence-corrected chi connectivity index (χ1v) is 6.09. The number of nitrogens with one attached hydrogen (secondary N) is 1. The molecule has 0 amide bonds. The highest BCUT2D eigenvalue weighted by Gasteiger charge is 2.39. The topological polar surface area (TPSA) is 12.0 Å².